The van der Waals surface area contributed by atoms with Gasteiger partial charge in [0.2, 0.25) is 0 Å². The molecular weight excluding hydrogens is 348 g/mol. The highest BCUT2D eigenvalue weighted by atomic mass is 35.5. The van der Waals surface area contributed by atoms with Crippen molar-refractivity contribution in [3.05, 3.63) is 58.9 Å². The maximum absolute atomic E-state index is 5.90. The molecule has 0 radical (unpaired) electrons. The second kappa shape index (κ2) is 8.38. The van der Waals surface area contributed by atoms with Crippen molar-refractivity contribution < 1.29 is 9.47 Å². The van der Waals surface area contributed by atoms with Crippen LogP contribution in [-0.4, -0.2) is 30.8 Å². The summed E-state index contributed by atoms with van der Waals surface area (Å²) in [6.45, 7) is 3.28. The van der Waals surface area contributed by atoms with Crippen LogP contribution < -0.4 is 10.1 Å². The van der Waals surface area contributed by atoms with Crippen LogP contribution in [0.25, 0.3) is 0 Å². The molecule has 2 heterocycles. The molecule has 2 aliphatic rings. The van der Waals surface area contributed by atoms with E-state index in [9.17, 15) is 0 Å². The van der Waals surface area contributed by atoms with Gasteiger partial charge in [-0.25, -0.2) is 0 Å². The Morgan fingerprint density at radius 2 is 2.04 bits per heavy atom. The molecule has 26 heavy (non-hydrogen) atoms. The summed E-state index contributed by atoms with van der Waals surface area (Å²) in [5.74, 6) is 2.19. The third kappa shape index (κ3) is 4.76. The standard InChI is InChI=1S/C21H25ClN2O2/c22-18-3-1-15(2-4-18)13-25-8-6-16-10-21(16)17-9-20(12-23-11-17)26-14-19-5-7-24-19/h1-4,9,11-12,16,19,21,24H,5-8,10,13-14H2. The first kappa shape index (κ1) is 17.8. The van der Waals surface area contributed by atoms with Crippen molar-refractivity contribution >= 4 is 11.6 Å². The molecule has 2 aromatic rings. The molecule has 1 aliphatic carbocycles. The van der Waals surface area contributed by atoms with E-state index in [4.69, 9.17) is 21.1 Å². The zero-order valence-corrected chi connectivity index (χ0v) is 15.6. The maximum atomic E-state index is 5.90. The van der Waals surface area contributed by atoms with Crippen molar-refractivity contribution in [3.63, 3.8) is 0 Å². The molecule has 1 aliphatic heterocycles. The molecule has 2 fully saturated rings. The van der Waals surface area contributed by atoms with Gasteiger partial charge in [0.15, 0.2) is 0 Å². The second-order valence-electron chi connectivity index (χ2n) is 7.27. The molecule has 1 aromatic heterocycles. The smallest absolute Gasteiger partial charge is 0.137 e. The number of rotatable bonds is 9. The van der Waals surface area contributed by atoms with Crippen molar-refractivity contribution in [1.29, 1.82) is 0 Å². The Morgan fingerprint density at radius 1 is 1.19 bits per heavy atom. The van der Waals surface area contributed by atoms with Gasteiger partial charge in [-0.05, 0) is 67.0 Å². The number of nitrogens with one attached hydrogen (secondary N) is 1. The average Bonchev–Trinajstić information content (AvgIpc) is 3.39. The van der Waals surface area contributed by atoms with Crippen LogP contribution in [0.2, 0.25) is 5.02 Å². The summed E-state index contributed by atoms with van der Waals surface area (Å²) < 4.78 is 11.7. The lowest BCUT2D eigenvalue weighted by Gasteiger charge is -2.27. The van der Waals surface area contributed by atoms with Gasteiger partial charge in [0.1, 0.15) is 12.4 Å². The molecule has 3 unspecified atom stereocenters. The number of nitrogens with zero attached hydrogens (tertiary/aromatic N) is 1. The Morgan fingerprint density at radius 3 is 2.81 bits per heavy atom. The maximum Gasteiger partial charge on any atom is 0.137 e. The van der Waals surface area contributed by atoms with E-state index >= 15 is 0 Å². The number of hydrogen-bond acceptors (Lipinski definition) is 4. The molecule has 0 bridgehead atoms. The molecular formula is C21H25ClN2O2. The third-order valence-corrected chi connectivity index (χ3v) is 5.53. The Hall–Kier alpha value is -1.62. The SMILES string of the molecule is Clc1ccc(COCCC2CC2c2cncc(OCC3CCN3)c2)cc1. The number of benzene rings is 1. The van der Waals surface area contributed by atoms with E-state index in [0.29, 0.717) is 24.5 Å². The predicted molar refractivity (Wildman–Crippen MR) is 103 cm³/mol. The first-order valence-electron chi connectivity index (χ1n) is 9.41. The van der Waals surface area contributed by atoms with Crippen LogP contribution in [0, 0.1) is 5.92 Å². The van der Waals surface area contributed by atoms with Crippen LogP contribution in [0.1, 0.15) is 36.3 Å². The molecule has 3 atom stereocenters. The molecule has 1 N–H and O–H groups in total. The summed E-state index contributed by atoms with van der Waals surface area (Å²) in [6, 6.07) is 10.5. The van der Waals surface area contributed by atoms with E-state index in [1.165, 1.54) is 18.4 Å². The van der Waals surface area contributed by atoms with Crippen molar-refractivity contribution in [1.82, 2.24) is 10.3 Å². The Kier molecular flexibility index (Phi) is 5.73. The summed E-state index contributed by atoms with van der Waals surface area (Å²) in [5.41, 5.74) is 2.46. The van der Waals surface area contributed by atoms with E-state index in [2.05, 4.69) is 16.4 Å². The van der Waals surface area contributed by atoms with Crippen LogP contribution in [0.5, 0.6) is 5.75 Å². The minimum atomic E-state index is 0.505. The summed E-state index contributed by atoms with van der Waals surface area (Å²) in [7, 11) is 0. The van der Waals surface area contributed by atoms with Crippen molar-refractivity contribution in [2.24, 2.45) is 5.92 Å². The largest absolute Gasteiger partial charge is 0.490 e. The summed E-state index contributed by atoms with van der Waals surface area (Å²) in [5, 5.41) is 4.11. The first-order chi connectivity index (χ1) is 12.8. The molecule has 138 valence electrons. The number of ether oxygens (including phenoxy) is 2. The van der Waals surface area contributed by atoms with Gasteiger partial charge >= 0.3 is 0 Å². The zero-order chi connectivity index (χ0) is 17.8. The van der Waals surface area contributed by atoms with E-state index in [-0.39, 0.29) is 0 Å². The topological polar surface area (TPSA) is 43.4 Å². The van der Waals surface area contributed by atoms with Gasteiger partial charge < -0.3 is 14.8 Å². The van der Waals surface area contributed by atoms with E-state index in [1.54, 1.807) is 0 Å². The molecule has 0 spiro atoms. The predicted octanol–water partition coefficient (Wildman–Crippen LogP) is 4.19. The molecule has 4 rings (SSSR count). The molecule has 0 amide bonds. The number of pyridine rings is 1. The van der Waals surface area contributed by atoms with E-state index in [0.717, 1.165) is 42.5 Å². The molecule has 4 nitrogen and oxygen atoms in total. The molecule has 1 saturated heterocycles. The van der Waals surface area contributed by atoms with Crippen molar-refractivity contribution in [2.75, 3.05) is 19.8 Å². The first-order valence-corrected chi connectivity index (χ1v) is 9.79. The van der Waals surface area contributed by atoms with Crippen molar-refractivity contribution in [3.8, 4) is 5.75 Å². The van der Waals surface area contributed by atoms with Gasteiger partial charge in [-0.15, -0.1) is 0 Å². The quantitative estimate of drug-likeness (QED) is 0.670. The minimum Gasteiger partial charge on any atom is -0.490 e. The number of aromatic nitrogens is 1. The van der Waals surface area contributed by atoms with Crippen LogP contribution in [0.3, 0.4) is 0 Å². The highest BCUT2D eigenvalue weighted by molar-refractivity contribution is 6.30. The molecule has 5 heteroatoms. The minimum absolute atomic E-state index is 0.505. The summed E-state index contributed by atoms with van der Waals surface area (Å²) >= 11 is 5.90. The summed E-state index contributed by atoms with van der Waals surface area (Å²) in [4.78, 5) is 4.36. The Balaban J connectivity index is 1.18. The van der Waals surface area contributed by atoms with Gasteiger partial charge in [0.25, 0.3) is 0 Å². The lowest BCUT2D eigenvalue weighted by molar-refractivity contribution is 0.114. The van der Waals surface area contributed by atoms with Crippen LogP contribution in [0.4, 0.5) is 0 Å². The zero-order valence-electron chi connectivity index (χ0n) is 14.9. The average molecular weight is 373 g/mol. The van der Waals surface area contributed by atoms with E-state index < -0.39 is 0 Å². The lowest BCUT2D eigenvalue weighted by Crippen LogP contribution is -2.46. The van der Waals surface area contributed by atoms with E-state index in [1.807, 2.05) is 36.7 Å². The Bertz CT molecular complexity index is 718. The lowest BCUT2D eigenvalue weighted by atomic mass is 10.1. The summed E-state index contributed by atoms with van der Waals surface area (Å²) in [6.07, 6.45) is 7.31. The van der Waals surface area contributed by atoms with Crippen molar-refractivity contribution in [2.45, 2.75) is 37.8 Å². The van der Waals surface area contributed by atoms with Crippen LogP contribution >= 0.6 is 11.6 Å². The molecule has 1 saturated carbocycles. The second-order valence-corrected chi connectivity index (χ2v) is 7.71. The normalized spacial score (nSPS) is 24.1. The van der Waals surface area contributed by atoms with Gasteiger partial charge in [0, 0.05) is 23.9 Å². The third-order valence-electron chi connectivity index (χ3n) is 5.28. The highest BCUT2D eigenvalue weighted by Gasteiger charge is 2.38. The van der Waals surface area contributed by atoms with Crippen LogP contribution in [-0.2, 0) is 11.3 Å². The van der Waals surface area contributed by atoms with Crippen LogP contribution in [0.15, 0.2) is 42.7 Å². The fourth-order valence-electron chi connectivity index (χ4n) is 3.39. The number of hydrogen-bond donors (Lipinski definition) is 1. The number of halogens is 1. The molecule has 1 aromatic carbocycles. The van der Waals surface area contributed by atoms with Gasteiger partial charge in [-0.1, -0.05) is 23.7 Å². The van der Waals surface area contributed by atoms with Gasteiger partial charge in [-0.2, -0.15) is 0 Å². The van der Waals surface area contributed by atoms with Gasteiger partial charge in [-0.3, -0.25) is 4.98 Å². The monoisotopic (exact) mass is 372 g/mol. The van der Waals surface area contributed by atoms with Gasteiger partial charge in [0.05, 0.1) is 12.8 Å². The fourth-order valence-corrected chi connectivity index (χ4v) is 3.51. The Labute approximate surface area is 159 Å². The fraction of sp³-hybridized carbons (Fsp3) is 0.476. The highest BCUT2D eigenvalue weighted by Crippen LogP contribution is 2.49.